The lowest BCUT2D eigenvalue weighted by Crippen LogP contribution is -2.54. The fourth-order valence-corrected chi connectivity index (χ4v) is 3.51. The van der Waals surface area contributed by atoms with Gasteiger partial charge in [-0.2, -0.15) is 0 Å². The van der Waals surface area contributed by atoms with E-state index in [0.717, 1.165) is 25.6 Å². The summed E-state index contributed by atoms with van der Waals surface area (Å²) >= 11 is 0. The molecular formula is C14H28N2O. The average Bonchev–Trinajstić information content (AvgIpc) is 2.85. The van der Waals surface area contributed by atoms with Gasteiger partial charge in [0.25, 0.3) is 0 Å². The molecule has 0 aromatic heterocycles. The first-order chi connectivity index (χ1) is 8.35. The van der Waals surface area contributed by atoms with E-state index in [2.05, 4.69) is 24.2 Å². The van der Waals surface area contributed by atoms with Gasteiger partial charge in [0.2, 0.25) is 0 Å². The molecular weight excluding hydrogens is 212 g/mol. The van der Waals surface area contributed by atoms with Crippen molar-refractivity contribution in [2.24, 2.45) is 5.92 Å². The molecule has 1 saturated carbocycles. The molecule has 0 radical (unpaired) electrons. The third-order valence-electron chi connectivity index (χ3n) is 4.36. The second-order valence-electron chi connectivity index (χ2n) is 5.57. The molecule has 2 rings (SSSR count). The van der Waals surface area contributed by atoms with Crippen LogP contribution in [0.25, 0.3) is 0 Å². The molecule has 1 aliphatic heterocycles. The summed E-state index contributed by atoms with van der Waals surface area (Å²) in [4.78, 5) is 2.56. The summed E-state index contributed by atoms with van der Waals surface area (Å²) in [6.07, 6.45) is 7.25. The number of rotatable bonds is 5. The van der Waals surface area contributed by atoms with E-state index in [9.17, 15) is 0 Å². The van der Waals surface area contributed by atoms with Gasteiger partial charge in [0, 0.05) is 19.1 Å². The van der Waals surface area contributed by atoms with Crippen molar-refractivity contribution in [1.82, 2.24) is 10.2 Å². The van der Waals surface area contributed by atoms with Crippen LogP contribution >= 0.6 is 0 Å². The fourth-order valence-electron chi connectivity index (χ4n) is 3.51. The number of ether oxygens (including phenoxy) is 1. The summed E-state index contributed by atoms with van der Waals surface area (Å²) in [5.41, 5.74) is 0. The molecule has 3 nitrogen and oxygen atoms in total. The van der Waals surface area contributed by atoms with Crippen molar-refractivity contribution in [3.8, 4) is 0 Å². The van der Waals surface area contributed by atoms with Gasteiger partial charge in [-0.1, -0.05) is 19.8 Å². The van der Waals surface area contributed by atoms with Crippen LogP contribution in [-0.4, -0.2) is 50.3 Å². The second-order valence-corrected chi connectivity index (χ2v) is 5.57. The predicted molar refractivity (Wildman–Crippen MR) is 71.3 cm³/mol. The van der Waals surface area contributed by atoms with Crippen LogP contribution in [0.3, 0.4) is 0 Å². The molecule has 100 valence electrons. The molecule has 2 aliphatic rings. The summed E-state index contributed by atoms with van der Waals surface area (Å²) < 4.78 is 6.02. The van der Waals surface area contributed by atoms with Gasteiger partial charge in [0.1, 0.15) is 0 Å². The van der Waals surface area contributed by atoms with Gasteiger partial charge >= 0.3 is 0 Å². The standard InChI is InChI=1S/C14H28N2O/c1-3-8-16-9-10-17-13(11-16)14(15-2)12-6-4-5-7-12/h12-15H,3-11H2,1-2H3. The van der Waals surface area contributed by atoms with Crippen LogP contribution in [0.2, 0.25) is 0 Å². The van der Waals surface area contributed by atoms with Crippen LogP contribution in [0.5, 0.6) is 0 Å². The van der Waals surface area contributed by atoms with Gasteiger partial charge in [0.15, 0.2) is 0 Å². The van der Waals surface area contributed by atoms with E-state index in [1.165, 1.54) is 38.6 Å². The van der Waals surface area contributed by atoms with Gasteiger partial charge in [-0.15, -0.1) is 0 Å². The highest BCUT2D eigenvalue weighted by Crippen LogP contribution is 2.30. The molecule has 0 aromatic carbocycles. The molecule has 2 unspecified atom stereocenters. The van der Waals surface area contributed by atoms with Crippen molar-refractivity contribution in [2.75, 3.05) is 33.3 Å². The van der Waals surface area contributed by atoms with Gasteiger partial charge in [0.05, 0.1) is 12.7 Å². The van der Waals surface area contributed by atoms with Crippen molar-refractivity contribution in [3.05, 3.63) is 0 Å². The highest BCUT2D eigenvalue weighted by atomic mass is 16.5. The van der Waals surface area contributed by atoms with E-state index in [1.807, 2.05) is 0 Å². The maximum atomic E-state index is 6.02. The maximum absolute atomic E-state index is 6.02. The molecule has 1 aliphatic carbocycles. The van der Waals surface area contributed by atoms with Crippen LogP contribution in [0.4, 0.5) is 0 Å². The lowest BCUT2D eigenvalue weighted by molar-refractivity contribution is -0.0547. The van der Waals surface area contributed by atoms with Crippen molar-refractivity contribution < 1.29 is 4.74 Å². The molecule has 2 atom stereocenters. The topological polar surface area (TPSA) is 24.5 Å². The van der Waals surface area contributed by atoms with Gasteiger partial charge < -0.3 is 10.1 Å². The van der Waals surface area contributed by atoms with Crippen LogP contribution in [0.15, 0.2) is 0 Å². The fraction of sp³-hybridized carbons (Fsp3) is 1.00. The molecule has 1 saturated heterocycles. The Balaban J connectivity index is 1.89. The Morgan fingerprint density at radius 2 is 2.12 bits per heavy atom. The smallest absolute Gasteiger partial charge is 0.0857 e. The first-order valence-corrected chi connectivity index (χ1v) is 7.36. The highest BCUT2D eigenvalue weighted by Gasteiger charge is 2.33. The summed E-state index contributed by atoms with van der Waals surface area (Å²) in [7, 11) is 2.10. The Morgan fingerprint density at radius 3 is 2.76 bits per heavy atom. The predicted octanol–water partition coefficient (Wildman–Crippen LogP) is 1.88. The zero-order valence-electron chi connectivity index (χ0n) is 11.5. The van der Waals surface area contributed by atoms with E-state index >= 15 is 0 Å². The number of nitrogens with zero attached hydrogens (tertiary/aromatic N) is 1. The minimum atomic E-state index is 0.406. The number of morpholine rings is 1. The first-order valence-electron chi connectivity index (χ1n) is 7.36. The first kappa shape index (κ1) is 13.3. The van der Waals surface area contributed by atoms with Crippen molar-refractivity contribution in [3.63, 3.8) is 0 Å². The van der Waals surface area contributed by atoms with E-state index in [-0.39, 0.29) is 0 Å². The molecule has 0 amide bonds. The van der Waals surface area contributed by atoms with E-state index < -0.39 is 0 Å². The lowest BCUT2D eigenvalue weighted by atomic mass is 9.92. The Bertz CT molecular complexity index is 214. The molecule has 2 fully saturated rings. The normalized spacial score (nSPS) is 29.6. The van der Waals surface area contributed by atoms with Gasteiger partial charge in [-0.25, -0.2) is 0 Å². The average molecular weight is 240 g/mol. The zero-order chi connectivity index (χ0) is 12.1. The SMILES string of the molecule is CCCN1CCOC(C(NC)C2CCCC2)C1. The largest absolute Gasteiger partial charge is 0.374 e. The van der Waals surface area contributed by atoms with Crippen LogP contribution in [0.1, 0.15) is 39.0 Å². The van der Waals surface area contributed by atoms with E-state index in [4.69, 9.17) is 4.74 Å². The van der Waals surface area contributed by atoms with Gasteiger partial charge in [-0.3, -0.25) is 4.90 Å². The van der Waals surface area contributed by atoms with Crippen LogP contribution < -0.4 is 5.32 Å². The zero-order valence-corrected chi connectivity index (χ0v) is 11.5. The number of hydrogen-bond donors (Lipinski definition) is 1. The Morgan fingerprint density at radius 1 is 1.35 bits per heavy atom. The minimum absolute atomic E-state index is 0.406. The summed E-state index contributed by atoms with van der Waals surface area (Å²) in [6.45, 7) is 6.63. The van der Waals surface area contributed by atoms with Crippen molar-refractivity contribution in [1.29, 1.82) is 0 Å². The molecule has 1 heterocycles. The molecule has 1 N–H and O–H groups in total. The minimum Gasteiger partial charge on any atom is -0.374 e. The molecule has 0 spiro atoms. The molecule has 3 heteroatoms. The highest BCUT2D eigenvalue weighted by molar-refractivity contribution is 4.89. The number of nitrogens with one attached hydrogen (secondary N) is 1. The maximum Gasteiger partial charge on any atom is 0.0857 e. The Labute approximate surface area is 106 Å². The monoisotopic (exact) mass is 240 g/mol. The molecule has 17 heavy (non-hydrogen) atoms. The quantitative estimate of drug-likeness (QED) is 0.794. The van der Waals surface area contributed by atoms with Crippen LogP contribution in [0, 0.1) is 5.92 Å². The Hall–Kier alpha value is -0.120. The molecule has 0 aromatic rings. The summed E-state index contributed by atoms with van der Waals surface area (Å²) in [5.74, 6) is 0.839. The number of hydrogen-bond acceptors (Lipinski definition) is 3. The van der Waals surface area contributed by atoms with E-state index in [0.29, 0.717) is 12.1 Å². The van der Waals surface area contributed by atoms with E-state index in [1.54, 1.807) is 0 Å². The van der Waals surface area contributed by atoms with Crippen molar-refractivity contribution >= 4 is 0 Å². The van der Waals surface area contributed by atoms with Crippen LogP contribution in [-0.2, 0) is 4.74 Å². The third kappa shape index (κ3) is 3.43. The number of likely N-dealkylation sites (N-methyl/N-ethyl adjacent to an activating group) is 1. The summed E-state index contributed by atoms with van der Waals surface area (Å²) in [5, 5.41) is 3.52. The summed E-state index contributed by atoms with van der Waals surface area (Å²) in [6, 6.07) is 0.567. The lowest BCUT2D eigenvalue weighted by Gasteiger charge is -2.39. The Kier molecular flexibility index (Phi) is 5.26. The van der Waals surface area contributed by atoms with Crippen molar-refractivity contribution in [2.45, 2.75) is 51.2 Å². The van der Waals surface area contributed by atoms with Gasteiger partial charge in [-0.05, 0) is 38.8 Å². The molecule has 0 bridgehead atoms. The second kappa shape index (κ2) is 6.72. The third-order valence-corrected chi connectivity index (χ3v) is 4.36.